The zero-order valence-electron chi connectivity index (χ0n) is 10.9. The Bertz CT molecular complexity index is 587. The van der Waals surface area contributed by atoms with E-state index in [4.69, 9.17) is 0 Å². The van der Waals surface area contributed by atoms with E-state index in [9.17, 15) is 18.0 Å². The molecule has 0 radical (unpaired) electrons. The second-order valence-corrected chi connectivity index (χ2v) is 6.14. The van der Waals surface area contributed by atoms with Gasteiger partial charge in [-0.3, -0.25) is 9.59 Å². The molecule has 1 unspecified atom stereocenters. The maximum Gasteiger partial charge on any atom is 0.309 e. The average Bonchev–Trinajstić information content (AvgIpc) is 2.38. The topological polar surface area (TPSA) is 96.5 Å². The highest BCUT2D eigenvalue weighted by molar-refractivity contribution is 7.89. The molecule has 0 bridgehead atoms. The number of rotatable bonds is 5. The van der Waals surface area contributed by atoms with Crippen molar-refractivity contribution >= 4 is 16.0 Å². The number of aromatic nitrogens is 1. The average molecular weight is 288 g/mol. The van der Waals surface area contributed by atoms with Gasteiger partial charge < -0.3 is 9.72 Å². The molecule has 0 aliphatic rings. The molecule has 1 atom stereocenters. The van der Waals surface area contributed by atoms with E-state index in [0.717, 1.165) is 16.6 Å². The van der Waals surface area contributed by atoms with Gasteiger partial charge in [0.15, 0.2) is 0 Å². The maximum atomic E-state index is 12.1. The molecule has 0 aliphatic carbocycles. The van der Waals surface area contributed by atoms with Crippen molar-refractivity contribution in [3.05, 3.63) is 28.7 Å². The predicted octanol–water partition coefficient (Wildman–Crippen LogP) is -0.196. The Labute approximate surface area is 111 Å². The summed E-state index contributed by atoms with van der Waals surface area (Å²) in [7, 11) is -1.13. The molecule has 0 amide bonds. The molecule has 19 heavy (non-hydrogen) atoms. The summed E-state index contributed by atoms with van der Waals surface area (Å²) in [5, 5.41) is 0. The van der Waals surface area contributed by atoms with Crippen molar-refractivity contribution in [1.82, 2.24) is 9.29 Å². The van der Waals surface area contributed by atoms with Crippen LogP contribution in [0.25, 0.3) is 0 Å². The van der Waals surface area contributed by atoms with Crippen LogP contribution in [0.15, 0.2) is 28.0 Å². The Balaban J connectivity index is 2.91. The summed E-state index contributed by atoms with van der Waals surface area (Å²) in [4.78, 5) is 24.4. The number of pyridine rings is 1. The van der Waals surface area contributed by atoms with Crippen molar-refractivity contribution in [2.24, 2.45) is 5.92 Å². The summed E-state index contributed by atoms with van der Waals surface area (Å²) < 4.78 is 29.9. The van der Waals surface area contributed by atoms with E-state index in [2.05, 4.69) is 9.72 Å². The zero-order valence-corrected chi connectivity index (χ0v) is 11.7. The Kier molecular flexibility index (Phi) is 4.84. The van der Waals surface area contributed by atoms with Crippen molar-refractivity contribution in [3.63, 3.8) is 0 Å². The summed E-state index contributed by atoms with van der Waals surface area (Å²) in [6, 6.07) is 2.35. The van der Waals surface area contributed by atoms with Gasteiger partial charge in [0.1, 0.15) is 0 Å². The Morgan fingerprint density at radius 3 is 2.58 bits per heavy atom. The Morgan fingerprint density at radius 1 is 1.47 bits per heavy atom. The first-order valence-electron chi connectivity index (χ1n) is 5.52. The van der Waals surface area contributed by atoms with E-state index in [1.807, 2.05) is 0 Å². The van der Waals surface area contributed by atoms with E-state index >= 15 is 0 Å². The largest absolute Gasteiger partial charge is 0.469 e. The van der Waals surface area contributed by atoms with E-state index in [-0.39, 0.29) is 17.0 Å². The number of esters is 1. The van der Waals surface area contributed by atoms with Crippen LogP contribution in [-0.2, 0) is 19.6 Å². The Morgan fingerprint density at radius 2 is 2.11 bits per heavy atom. The molecule has 0 saturated heterocycles. The van der Waals surface area contributed by atoms with Gasteiger partial charge in [0.05, 0.1) is 17.9 Å². The van der Waals surface area contributed by atoms with Gasteiger partial charge >= 0.3 is 5.97 Å². The van der Waals surface area contributed by atoms with Gasteiger partial charge in [0, 0.05) is 25.9 Å². The lowest BCUT2D eigenvalue weighted by Gasteiger charge is -2.19. The molecule has 1 rings (SSSR count). The standard InChI is InChI=1S/C11H16N2O5S/c1-8(11(15)18-3)7-13(2)19(16,17)9-4-5-10(14)12-6-9/h4-6,8H,7H2,1-3H3,(H,12,14). The summed E-state index contributed by atoms with van der Waals surface area (Å²) in [6.07, 6.45) is 1.12. The van der Waals surface area contributed by atoms with Gasteiger partial charge in [-0.15, -0.1) is 0 Å². The molecule has 1 heterocycles. The van der Waals surface area contributed by atoms with Gasteiger partial charge in [0.25, 0.3) is 0 Å². The molecule has 1 N–H and O–H groups in total. The van der Waals surface area contributed by atoms with Crippen molar-refractivity contribution in [2.45, 2.75) is 11.8 Å². The van der Waals surface area contributed by atoms with Gasteiger partial charge in [-0.05, 0) is 6.07 Å². The maximum absolute atomic E-state index is 12.1. The number of aromatic amines is 1. The lowest BCUT2D eigenvalue weighted by Crippen LogP contribution is -2.34. The number of H-pyrrole nitrogens is 1. The van der Waals surface area contributed by atoms with Crippen LogP contribution < -0.4 is 5.56 Å². The first kappa shape index (κ1) is 15.4. The first-order chi connectivity index (χ1) is 8.78. The van der Waals surface area contributed by atoms with Crippen LogP contribution in [-0.4, -0.2) is 44.4 Å². The fourth-order valence-electron chi connectivity index (χ4n) is 1.50. The monoisotopic (exact) mass is 288 g/mol. The van der Waals surface area contributed by atoms with Crippen LogP contribution in [0.4, 0.5) is 0 Å². The molecule has 1 aromatic rings. The minimum absolute atomic E-state index is 0.00582. The number of hydrogen-bond acceptors (Lipinski definition) is 5. The SMILES string of the molecule is COC(=O)C(C)CN(C)S(=O)(=O)c1ccc(=O)[nH]c1. The lowest BCUT2D eigenvalue weighted by molar-refractivity contribution is -0.144. The molecule has 8 heteroatoms. The quantitative estimate of drug-likeness (QED) is 0.757. The molecule has 0 aliphatic heterocycles. The summed E-state index contributed by atoms with van der Waals surface area (Å²) in [6.45, 7) is 1.57. The molecule has 0 saturated carbocycles. The highest BCUT2D eigenvalue weighted by atomic mass is 32.2. The number of hydrogen-bond donors (Lipinski definition) is 1. The van der Waals surface area contributed by atoms with Crippen LogP contribution in [0.2, 0.25) is 0 Å². The lowest BCUT2D eigenvalue weighted by atomic mass is 10.2. The van der Waals surface area contributed by atoms with E-state index in [1.54, 1.807) is 6.92 Å². The molecule has 0 aromatic carbocycles. The molecular weight excluding hydrogens is 272 g/mol. The van der Waals surface area contributed by atoms with Gasteiger partial charge in [0.2, 0.25) is 15.6 Å². The van der Waals surface area contributed by atoms with Gasteiger partial charge in [-0.25, -0.2) is 12.7 Å². The van der Waals surface area contributed by atoms with E-state index in [0.29, 0.717) is 0 Å². The normalized spacial score (nSPS) is 13.3. The third kappa shape index (κ3) is 3.65. The number of nitrogens with one attached hydrogen (secondary N) is 1. The molecule has 1 aromatic heterocycles. The third-order valence-corrected chi connectivity index (χ3v) is 4.42. The molecule has 0 fully saturated rings. The highest BCUT2D eigenvalue weighted by Gasteiger charge is 2.25. The number of sulfonamides is 1. The number of ether oxygens (including phenoxy) is 1. The van der Waals surface area contributed by atoms with Crippen LogP contribution in [0, 0.1) is 5.92 Å². The number of methoxy groups -OCH3 is 1. The minimum atomic E-state index is -3.74. The Hall–Kier alpha value is -1.67. The summed E-state index contributed by atoms with van der Waals surface area (Å²) in [5.41, 5.74) is -0.385. The fraction of sp³-hybridized carbons (Fsp3) is 0.455. The first-order valence-corrected chi connectivity index (χ1v) is 6.96. The molecule has 7 nitrogen and oxygen atoms in total. The van der Waals surface area contributed by atoms with Crippen LogP contribution in [0.5, 0.6) is 0 Å². The van der Waals surface area contributed by atoms with E-state index < -0.39 is 21.9 Å². The second kappa shape index (κ2) is 5.98. The summed E-state index contributed by atoms with van der Waals surface area (Å²) >= 11 is 0. The number of carbonyl (C=O) groups excluding carboxylic acids is 1. The van der Waals surface area contributed by atoms with Gasteiger partial charge in [-0.1, -0.05) is 6.92 Å². The molecular formula is C11H16N2O5S. The second-order valence-electron chi connectivity index (χ2n) is 4.10. The predicted molar refractivity (Wildman–Crippen MR) is 68.1 cm³/mol. The van der Waals surface area contributed by atoms with Crippen molar-refractivity contribution in [2.75, 3.05) is 20.7 Å². The van der Waals surface area contributed by atoms with Crippen molar-refractivity contribution < 1.29 is 17.9 Å². The highest BCUT2D eigenvalue weighted by Crippen LogP contribution is 2.13. The van der Waals surface area contributed by atoms with Crippen molar-refractivity contribution in [3.8, 4) is 0 Å². The van der Waals surface area contributed by atoms with Crippen molar-refractivity contribution in [1.29, 1.82) is 0 Å². The van der Waals surface area contributed by atoms with Crippen LogP contribution >= 0.6 is 0 Å². The van der Waals surface area contributed by atoms with Crippen LogP contribution in [0.1, 0.15) is 6.92 Å². The molecule has 0 spiro atoms. The number of nitrogens with zero attached hydrogens (tertiary/aromatic N) is 1. The van der Waals surface area contributed by atoms with Gasteiger partial charge in [-0.2, -0.15) is 0 Å². The third-order valence-electron chi connectivity index (χ3n) is 2.60. The van der Waals surface area contributed by atoms with E-state index in [1.165, 1.54) is 20.2 Å². The number of carbonyl (C=O) groups is 1. The summed E-state index contributed by atoms with van der Waals surface area (Å²) in [5.74, 6) is -1.06. The molecule has 106 valence electrons. The zero-order chi connectivity index (χ0) is 14.6. The van der Waals surface area contributed by atoms with Crippen LogP contribution in [0.3, 0.4) is 0 Å². The smallest absolute Gasteiger partial charge is 0.309 e. The minimum Gasteiger partial charge on any atom is -0.469 e. The fourth-order valence-corrected chi connectivity index (χ4v) is 2.72.